The molecule has 0 aliphatic rings. The highest BCUT2D eigenvalue weighted by Gasteiger charge is 2.13. The third-order valence-electron chi connectivity index (χ3n) is 2.52. The third kappa shape index (κ3) is 5.22. The number of amides is 1. The predicted octanol–water partition coefficient (Wildman–Crippen LogP) is 1.11. The van der Waals surface area contributed by atoms with Crippen LogP contribution in [0.3, 0.4) is 0 Å². The molecule has 19 heavy (non-hydrogen) atoms. The molecule has 0 heterocycles. The molecule has 1 amide bonds. The van der Waals surface area contributed by atoms with Crippen LogP contribution in [-0.4, -0.2) is 38.6 Å². The minimum Gasteiger partial charge on any atom is -0.325 e. The van der Waals surface area contributed by atoms with Crippen molar-refractivity contribution in [2.75, 3.05) is 23.6 Å². The van der Waals surface area contributed by atoms with Crippen molar-refractivity contribution < 1.29 is 13.2 Å². The molecule has 0 saturated heterocycles. The van der Waals surface area contributed by atoms with Crippen molar-refractivity contribution in [3.05, 3.63) is 24.3 Å². The first kappa shape index (κ1) is 16.0. The van der Waals surface area contributed by atoms with Gasteiger partial charge in [0.25, 0.3) is 0 Å². The summed E-state index contributed by atoms with van der Waals surface area (Å²) in [6, 6.07) is 5.46. The molecule has 0 saturated carbocycles. The molecule has 106 valence electrons. The van der Waals surface area contributed by atoms with E-state index in [-0.39, 0.29) is 10.8 Å². The molecule has 3 N–H and O–H groups in total. The van der Waals surface area contributed by atoms with Crippen LogP contribution in [0.1, 0.15) is 6.42 Å². The molecule has 0 aliphatic heterocycles. The predicted molar refractivity (Wildman–Crippen MR) is 79.2 cm³/mol. The number of hydrogen-bond donors (Lipinski definition) is 2. The van der Waals surface area contributed by atoms with E-state index >= 15 is 0 Å². The van der Waals surface area contributed by atoms with Crippen molar-refractivity contribution in [3.63, 3.8) is 0 Å². The van der Waals surface area contributed by atoms with Gasteiger partial charge in [-0.2, -0.15) is 11.8 Å². The van der Waals surface area contributed by atoms with Gasteiger partial charge in [0.15, 0.2) is 9.84 Å². The van der Waals surface area contributed by atoms with E-state index in [1.54, 1.807) is 23.9 Å². The molecule has 1 aromatic rings. The minimum atomic E-state index is -3.22. The normalized spacial score (nSPS) is 13.0. The van der Waals surface area contributed by atoms with E-state index in [1.165, 1.54) is 12.1 Å². The SMILES string of the molecule is CSCC[C@H](N)C(=O)Nc1ccc(S(C)(=O)=O)cc1. The number of thioether (sulfide) groups is 1. The molecule has 1 aromatic carbocycles. The standard InChI is InChI=1S/C12H18N2O3S2/c1-18-8-7-11(13)12(15)14-9-3-5-10(6-4-9)19(2,16)17/h3-6,11H,7-8,13H2,1-2H3,(H,14,15)/t11-/m0/s1. The van der Waals surface area contributed by atoms with Crippen LogP contribution in [0.15, 0.2) is 29.2 Å². The molecule has 1 rings (SSSR count). The summed E-state index contributed by atoms with van der Waals surface area (Å²) in [5.74, 6) is 0.558. The second-order valence-corrected chi connectivity index (χ2v) is 7.18. The van der Waals surface area contributed by atoms with Gasteiger partial charge in [-0.3, -0.25) is 4.79 Å². The summed E-state index contributed by atoms with van der Waals surface area (Å²) in [4.78, 5) is 12.0. The quantitative estimate of drug-likeness (QED) is 0.821. The van der Waals surface area contributed by atoms with E-state index in [2.05, 4.69) is 5.32 Å². The van der Waals surface area contributed by atoms with Crippen LogP contribution < -0.4 is 11.1 Å². The highest BCUT2D eigenvalue weighted by Crippen LogP contribution is 2.14. The molecule has 0 aromatic heterocycles. The van der Waals surface area contributed by atoms with Gasteiger partial charge >= 0.3 is 0 Å². The van der Waals surface area contributed by atoms with Crippen LogP contribution in [0.25, 0.3) is 0 Å². The number of rotatable bonds is 6. The minimum absolute atomic E-state index is 0.220. The monoisotopic (exact) mass is 302 g/mol. The van der Waals surface area contributed by atoms with E-state index in [9.17, 15) is 13.2 Å². The van der Waals surface area contributed by atoms with Crippen molar-refractivity contribution >= 4 is 33.2 Å². The Morgan fingerprint density at radius 3 is 2.42 bits per heavy atom. The smallest absolute Gasteiger partial charge is 0.241 e. The molecule has 0 aliphatic carbocycles. The highest BCUT2D eigenvalue weighted by molar-refractivity contribution is 7.98. The fraction of sp³-hybridized carbons (Fsp3) is 0.417. The van der Waals surface area contributed by atoms with Gasteiger partial charge in [0.05, 0.1) is 10.9 Å². The molecular weight excluding hydrogens is 284 g/mol. The van der Waals surface area contributed by atoms with Gasteiger partial charge in [-0.1, -0.05) is 0 Å². The Balaban J connectivity index is 2.65. The molecule has 1 atom stereocenters. The van der Waals surface area contributed by atoms with Gasteiger partial charge in [-0.25, -0.2) is 8.42 Å². The number of anilines is 1. The van der Waals surface area contributed by atoms with Crippen molar-refractivity contribution in [2.45, 2.75) is 17.4 Å². The first-order valence-electron chi connectivity index (χ1n) is 5.70. The molecule has 0 fully saturated rings. The largest absolute Gasteiger partial charge is 0.325 e. The van der Waals surface area contributed by atoms with E-state index in [0.29, 0.717) is 12.1 Å². The lowest BCUT2D eigenvalue weighted by molar-refractivity contribution is -0.117. The Kier molecular flexibility index (Phi) is 5.84. The zero-order valence-corrected chi connectivity index (χ0v) is 12.6. The summed E-state index contributed by atoms with van der Waals surface area (Å²) in [6.07, 6.45) is 3.70. The van der Waals surface area contributed by atoms with Crippen LogP contribution in [0.2, 0.25) is 0 Å². The van der Waals surface area contributed by atoms with Crippen LogP contribution >= 0.6 is 11.8 Å². The fourth-order valence-corrected chi connectivity index (χ4v) is 2.52. The molecule has 5 nitrogen and oxygen atoms in total. The van der Waals surface area contributed by atoms with Gasteiger partial charge < -0.3 is 11.1 Å². The first-order valence-corrected chi connectivity index (χ1v) is 8.98. The summed E-state index contributed by atoms with van der Waals surface area (Å²) in [7, 11) is -3.22. The summed E-state index contributed by atoms with van der Waals surface area (Å²) < 4.78 is 22.6. The van der Waals surface area contributed by atoms with Crippen LogP contribution in [0, 0.1) is 0 Å². The lowest BCUT2D eigenvalue weighted by Gasteiger charge is -2.11. The average molecular weight is 302 g/mol. The summed E-state index contributed by atoms with van der Waals surface area (Å²) in [6.45, 7) is 0. The number of nitrogens with one attached hydrogen (secondary N) is 1. The Bertz CT molecular complexity index is 526. The lowest BCUT2D eigenvalue weighted by atomic mass is 10.2. The maximum atomic E-state index is 11.7. The molecule has 0 bridgehead atoms. The molecule has 0 spiro atoms. The molecular formula is C12H18N2O3S2. The second kappa shape index (κ2) is 6.93. The number of carbonyl (C=O) groups is 1. The number of hydrogen-bond acceptors (Lipinski definition) is 5. The van der Waals surface area contributed by atoms with Crippen molar-refractivity contribution in [3.8, 4) is 0 Å². The number of sulfone groups is 1. The maximum absolute atomic E-state index is 11.7. The third-order valence-corrected chi connectivity index (χ3v) is 4.29. The van der Waals surface area contributed by atoms with Gasteiger partial charge in [-0.15, -0.1) is 0 Å². The van der Waals surface area contributed by atoms with Crippen molar-refractivity contribution in [2.24, 2.45) is 5.73 Å². The van der Waals surface area contributed by atoms with Crippen LogP contribution in [0.4, 0.5) is 5.69 Å². The van der Waals surface area contributed by atoms with E-state index in [0.717, 1.165) is 12.0 Å². The number of carbonyl (C=O) groups excluding carboxylic acids is 1. The highest BCUT2D eigenvalue weighted by atomic mass is 32.2. The van der Waals surface area contributed by atoms with Crippen LogP contribution in [0.5, 0.6) is 0 Å². The summed E-state index contributed by atoms with van der Waals surface area (Å²) in [5, 5.41) is 2.66. The number of nitrogens with two attached hydrogens (primary N) is 1. The Morgan fingerprint density at radius 1 is 1.37 bits per heavy atom. The number of benzene rings is 1. The van der Waals surface area contributed by atoms with Gasteiger partial charge in [0.2, 0.25) is 5.91 Å². The van der Waals surface area contributed by atoms with E-state index in [4.69, 9.17) is 5.73 Å². The lowest BCUT2D eigenvalue weighted by Crippen LogP contribution is -2.36. The molecule has 0 unspecified atom stereocenters. The van der Waals surface area contributed by atoms with Crippen molar-refractivity contribution in [1.29, 1.82) is 0 Å². The Hall–Kier alpha value is -1.05. The topological polar surface area (TPSA) is 89.3 Å². The molecule has 0 radical (unpaired) electrons. The molecule has 7 heteroatoms. The fourth-order valence-electron chi connectivity index (χ4n) is 1.40. The van der Waals surface area contributed by atoms with Crippen LogP contribution in [-0.2, 0) is 14.6 Å². The zero-order valence-electron chi connectivity index (χ0n) is 10.9. The average Bonchev–Trinajstić information content (AvgIpc) is 2.35. The second-order valence-electron chi connectivity index (χ2n) is 4.17. The Labute approximate surface area is 117 Å². The van der Waals surface area contributed by atoms with E-state index < -0.39 is 15.9 Å². The van der Waals surface area contributed by atoms with Crippen molar-refractivity contribution in [1.82, 2.24) is 0 Å². The van der Waals surface area contributed by atoms with E-state index in [1.807, 2.05) is 6.26 Å². The summed E-state index contributed by atoms with van der Waals surface area (Å²) in [5.41, 5.74) is 6.27. The first-order chi connectivity index (χ1) is 8.84. The Morgan fingerprint density at radius 2 is 1.95 bits per heavy atom. The maximum Gasteiger partial charge on any atom is 0.241 e. The van der Waals surface area contributed by atoms with Gasteiger partial charge in [0, 0.05) is 11.9 Å². The van der Waals surface area contributed by atoms with Gasteiger partial charge in [-0.05, 0) is 42.7 Å². The van der Waals surface area contributed by atoms with Gasteiger partial charge in [0.1, 0.15) is 0 Å². The summed E-state index contributed by atoms with van der Waals surface area (Å²) >= 11 is 1.63. The zero-order chi connectivity index (χ0) is 14.5.